The van der Waals surface area contributed by atoms with E-state index in [2.05, 4.69) is 0 Å². The van der Waals surface area contributed by atoms with Gasteiger partial charge in [0.05, 0.1) is 37.8 Å². The van der Waals surface area contributed by atoms with Crippen LogP contribution in [0.25, 0.3) is 0 Å². The van der Waals surface area contributed by atoms with E-state index in [1.807, 2.05) is 60.7 Å². The van der Waals surface area contributed by atoms with E-state index in [4.69, 9.17) is 18.9 Å². The van der Waals surface area contributed by atoms with Crippen molar-refractivity contribution in [3.8, 4) is 0 Å². The number of benzene rings is 2. The molecule has 2 aromatic rings. The van der Waals surface area contributed by atoms with Crippen molar-refractivity contribution < 1.29 is 23.7 Å². The molecule has 1 aliphatic heterocycles. The molecule has 1 heterocycles. The van der Waals surface area contributed by atoms with Crippen molar-refractivity contribution in [3.63, 3.8) is 0 Å². The maximum atomic E-state index is 11.8. The average molecular weight is 437 g/mol. The maximum absolute atomic E-state index is 11.8. The van der Waals surface area contributed by atoms with Crippen LogP contribution in [0.1, 0.15) is 43.2 Å². The zero-order valence-corrected chi connectivity index (χ0v) is 18.4. The summed E-state index contributed by atoms with van der Waals surface area (Å²) in [5.41, 5.74) is 2.66. The Labute approximate surface area is 190 Å². The predicted octanol–water partition coefficient (Wildman–Crippen LogP) is 4.99. The van der Waals surface area contributed by atoms with Gasteiger partial charge in [0, 0.05) is 0 Å². The van der Waals surface area contributed by atoms with E-state index in [9.17, 15) is 4.79 Å². The molecule has 0 unspecified atom stereocenters. The van der Waals surface area contributed by atoms with E-state index < -0.39 is 12.2 Å². The highest BCUT2D eigenvalue weighted by molar-refractivity contribution is 5.75. The summed E-state index contributed by atoms with van der Waals surface area (Å²) in [6.45, 7) is 1.26. The quantitative estimate of drug-likeness (QED) is 0.491. The van der Waals surface area contributed by atoms with Gasteiger partial charge < -0.3 is 18.9 Å². The molecule has 32 heavy (non-hydrogen) atoms. The Kier molecular flexibility index (Phi) is 8.49. The van der Waals surface area contributed by atoms with Gasteiger partial charge in [-0.05, 0) is 24.0 Å². The molecule has 1 saturated carbocycles. The van der Waals surface area contributed by atoms with Gasteiger partial charge in [-0.2, -0.15) is 0 Å². The van der Waals surface area contributed by atoms with Crippen LogP contribution in [0.3, 0.4) is 0 Å². The molecule has 4 rings (SSSR count). The zero-order valence-electron chi connectivity index (χ0n) is 18.4. The van der Waals surface area contributed by atoms with E-state index in [0.717, 1.165) is 43.1 Å². The van der Waals surface area contributed by atoms with Gasteiger partial charge in [0.15, 0.2) is 6.29 Å². The van der Waals surface area contributed by atoms with Gasteiger partial charge in [-0.15, -0.1) is 0 Å². The molecule has 2 aromatic carbocycles. The summed E-state index contributed by atoms with van der Waals surface area (Å²) in [6, 6.07) is 20.1. The lowest BCUT2D eigenvalue weighted by Crippen LogP contribution is -2.49. The number of aldehydes is 1. The number of hydrogen-bond acceptors (Lipinski definition) is 5. The van der Waals surface area contributed by atoms with Crippen molar-refractivity contribution in [2.24, 2.45) is 0 Å². The SMILES string of the molecule is O=CC1=CO[C@H](COCc2ccccc2)[C@H](OCc2ccccc2)[C@H]1OC1CCCCC1. The van der Waals surface area contributed by atoms with Crippen LogP contribution in [0, 0.1) is 0 Å². The van der Waals surface area contributed by atoms with Gasteiger partial charge in [-0.1, -0.05) is 79.9 Å². The number of carbonyl (C=O) groups excluding carboxylic acids is 1. The van der Waals surface area contributed by atoms with Gasteiger partial charge in [0.1, 0.15) is 18.3 Å². The predicted molar refractivity (Wildman–Crippen MR) is 122 cm³/mol. The summed E-state index contributed by atoms with van der Waals surface area (Å²) in [5.74, 6) is 0. The molecule has 0 aromatic heterocycles. The number of ether oxygens (including phenoxy) is 4. The van der Waals surface area contributed by atoms with E-state index in [-0.39, 0.29) is 12.2 Å². The van der Waals surface area contributed by atoms with Crippen LogP contribution in [-0.4, -0.2) is 37.3 Å². The Hall–Kier alpha value is -2.47. The average Bonchev–Trinajstić information content (AvgIpc) is 2.85. The first-order valence-corrected chi connectivity index (χ1v) is 11.6. The van der Waals surface area contributed by atoms with Gasteiger partial charge in [0.2, 0.25) is 0 Å². The molecule has 0 N–H and O–H groups in total. The molecule has 5 heteroatoms. The fraction of sp³-hybridized carbons (Fsp3) is 0.444. The molecule has 0 amide bonds. The monoisotopic (exact) mass is 436 g/mol. The summed E-state index contributed by atoms with van der Waals surface area (Å²) in [6.07, 6.45) is 6.84. The van der Waals surface area contributed by atoms with E-state index in [1.165, 1.54) is 12.7 Å². The molecule has 1 fully saturated rings. The highest BCUT2D eigenvalue weighted by Gasteiger charge is 2.40. The number of rotatable bonds is 10. The molecule has 0 saturated heterocycles. The first-order valence-electron chi connectivity index (χ1n) is 11.6. The lowest BCUT2D eigenvalue weighted by Gasteiger charge is -2.38. The third-order valence-electron chi connectivity index (χ3n) is 6.08. The van der Waals surface area contributed by atoms with E-state index in [0.29, 0.717) is 25.4 Å². The Morgan fingerprint density at radius 3 is 2.19 bits per heavy atom. The Bertz CT molecular complexity index is 845. The summed E-state index contributed by atoms with van der Waals surface area (Å²) in [5, 5.41) is 0. The largest absolute Gasteiger partial charge is 0.492 e. The third-order valence-corrected chi connectivity index (χ3v) is 6.08. The second-order valence-electron chi connectivity index (χ2n) is 8.49. The highest BCUT2D eigenvalue weighted by atomic mass is 16.6. The molecule has 1 aliphatic carbocycles. The fourth-order valence-corrected chi connectivity index (χ4v) is 4.32. The van der Waals surface area contributed by atoms with Crippen LogP contribution in [0.5, 0.6) is 0 Å². The molecular formula is C27H32O5. The minimum absolute atomic E-state index is 0.143. The summed E-state index contributed by atoms with van der Waals surface area (Å²) >= 11 is 0. The topological polar surface area (TPSA) is 54.0 Å². The molecular weight excluding hydrogens is 404 g/mol. The standard InChI is InChI=1S/C27H32O5/c28-16-23-19-30-25(20-29-17-21-10-4-1-5-11-21)27(31-18-22-12-6-2-7-13-22)26(23)32-24-14-8-3-9-15-24/h1-2,4-7,10-13,16,19,24-27H,3,8-9,14-15,17-18,20H2/t25-,26+,27+/m1/s1. The van der Waals surface area contributed by atoms with E-state index >= 15 is 0 Å². The lowest BCUT2D eigenvalue weighted by atomic mass is 9.95. The minimum Gasteiger partial charge on any atom is -0.492 e. The van der Waals surface area contributed by atoms with Crippen LogP contribution in [0.2, 0.25) is 0 Å². The lowest BCUT2D eigenvalue weighted by molar-refractivity contribution is -0.165. The minimum atomic E-state index is -0.460. The van der Waals surface area contributed by atoms with Crippen molar-refractivity contribution in [2.45, 2.75) is 69.7 Å². The van der Waals surface area contributed by atoms with Crippen molar-refractivity contribution >= 4 is 6.29 Å². The van der Waals surface area contributed by atoms with Crippen molar-refractivity contribution in [1.82, 2.24) is 0 Å². The summed E-state index contributed by atoms with van der Waals surface area (Å²) in [7, 11) is 0. The van der Waals surface area contributed by atoms with Crippen molar-refractivity contribution in [1.29, 1.82) is 0 Å². The smallest absolute Gasteiger partial charge is 0.151 e. The number of carbonyl (C=O) groups is 1. The van der Waals surface area contributed by atoms with Gasteiger partial charge in [-0.25, -0.2) is 0 Å². The van der Waals surface area contributed by atoms with Gasteiger partial charge in [-0.3, -0.25) is 4.79 Å². The summed E-state index contributed by atoms with van der Waals surface area (Å²) < 4.78 is 24.7. The Morgan fingerprint density at radius 1 is 0.875 bits per heavy atom. The molecule has 5 nitrogen and oxygen atoms in total. The third kappa shape index (κ3) is 6.28. The molecule has 3 atom stereocenters. The summed E-state index contributed by atoms with van der Waals surface area (Å²) in [4.78, 5) is 11.8. The van der Waals surface area contributed by atoms with Crippen LogP contribution >= 0.6 is 0 Å². The highest BCUT2D eigenvalue weighted by Crippen LogP contribution is 2.30. The van der Waals surface area contributed by atoms with Crippen LogP contribution < -0.4 is 0 Å². The Balaban J connectivity index is 1.46. The van der Waals surface area contributed by atoms with Crippen LogP contribution in [-0.2, 0) is 37.0 Å². The molecule has 170 valence electrons. The van der Waals surface area contributed by atoms with Crippen LogP contribution in [0.15, 0.2) is 72.5 Å². The second kappa shape index (κ2) is 12.0. The first-order chi connectivity index (χ1) is 15.8. The fourth-order valence-electron chi connectivity index (χ4n) is 4.32. The zero-order chi connectivity index (χ0) is 22.0. The van der Waals surface area contributed by atoms with E-state index in [1.54, 1.807) is 0 Å². The molecule has 0 radical (unpaired) electrons. The van der Waals surface area contributed by atoms with Crippen molar-refractivity contribution in [2.75, 3.05) is 6.61 Å². The van der Waals surface area contributed by atoms with Crippen molar-refractivity contribution in [3.05, 3.63) is 83.6 Å². The molecule has 0 spiro atoms. The van der Waals surface area contributed by atoms with Crippen LogP contribution in [0.4, 0.5) is 0 Å². The number of hydrogen-bond donors (Lipinski definition) is 0. The van der Waals surface area contributed by atoms with Gasteiger partial charge in [0.25, 0.3) is 0 Å². The Morgan fingerprint density at radius 2 is 1.53 bits per heavy atom. The first kappa shape index (κ1) is 22.7. The maximum Gasteiger partial charge on any atom is 0.151 e. The normalized spacial score (nSPS) is 23.9. The van der Waals surface area contributed by atoms with Gasteiger partial charge >= 0.3 is 0 Å². The second-order valence-corrected chi connectivity index (χ2v) is 8.49. The molecule has 2 aliphatic rings. The molecule has 0 bridgehead atoms.